The number of aromatic nitrogens is 2. The normalized spacial score (nSPS) is 13.7. The minimum absolute atomic E-state index is 0. The van der Waals surface area contributed by atoms with E-state index >= 15 is 0 Å². The van der Waals surface area contributed by atoms with Gasteiger partial charge in [0.25, 0.3) is 0 Å². The maximum atomic E-state index is 9.63. The predicted molar refractivity (Wildman–Crippen MR) is 164 cm³/mol. The summed E-state index contributed by atoms with van der Waals surface area (Å²) in [5.74, 6) is 0.522. The summed E-state index contributed by atoms with van der Waals surface area (Å²) in [6, 6.07) is 23.6. The summed E-state index contributed by atoms with van der Waals surface area (Å²) in [6.45, 7) is 8.94. The summed E-state index contributed by atoms with van der Waals surface area (Å²) < 4.78 is 1.19. The monoisotopic (exact) mass is 631 g/mol. The zero-order valence-corrected chi connectivity index (χ0v) is 27.4. The Kier molecular flexibility index (Phi) is 12.6. The number of aliphatic hydroxyl groups excluding tert-OH is 1. The molecule has 0 unspecified atom stereocenters. The summed E-state index contributed by atoms with van der Waals surface area (Å²) in [6.07, 6.45) is 3.68. The molecule has 5 aromatic rings. The topological polar surface area (TPSA) is 81.5 Å². The van der Waals surface area contributed by atoms with Crippen LogP contribution in [0.5, 0.6) is 0 Å². The van der Waals surface area contributed by atoms with Crippen molar-refractivity contribution >= 4 is 43.8 Å². The van der Waals surface area contributed by atoms with E-state index in [2.05, 4.69) is 75.9 Å². The number of hydroxylamine groups is 2. The molecule has 6 rings (SSSR count). The zero-order valence-electron chi connectivity index (χ0n) is 23.7. The third-order valence-corrected chi connectivity index (χ3v) is 7.35. The van der Waals surface area contributed by atoms with Crippen LogP contribution in [0.3, 0.4) is 0 Å². The molecule has 1 radical (unpaired) electrons. The van der Waals surface area contributed by atoms with Crippen molar-refractivity contribution in [3.8, 4) is 11.1 Å². The van der Waals surface area contributed by atoms with Crippen molar-refractivity contribution < 1.29 is 43.0 Å². The van der Waals surface area contributed by atoms with Crippen molar-refractivity contribution in [2.75, 3.05) is 18.4 Å². The first-order valence-corrected chi connectivity index (χ1v) is 14.6. The SMILES string of the molecule is CC.CC(C)O.ON1CCC(c2ccc(-c3ccc4nccc(Nc5ccc6scnc6c5)c4c3)cc2)CC1.[Y]. The van der Waals surface area contributed by atoms with Crippen LogP contribution in [0.25, 0.3) is 32.2 Å². The fourth-order valence-corrected chi connectivity index (χ4v) is 5.33. The molecule has 40 heavy (non-hydrogen) atoms. The number of benzene rings is 3. The average molecular weight is 632 g/mol. The summed E-state index contributed by atoms with van der Waals surface area (Å²) in [7, 11) is 0. The van der Waals surface area contributed by atoms with Gasteiger partial charge in [0, 0.05) is 74.9 Å². The molecule has 1 aliphatic rings. The molecule has 0 spiro atoms. The van der Waals surface area contributed by atoms with Crippen LogP contribution in [0.1, 0.15) is 52.0 Å². The van der Waals surface area contributed by atoms with Crippen molar-refractivity contribution in [2.45, 2.75) is 52.6 Å². The number of nitrogens with zero attached hydrogens (tertiary/aromatic N) is 3. The Balaban J connectivity index is 0.000000582. The molecule has 0 atom stereocenters. The number of nitrogens with one attached hydrogen (secondary N) is 1. The van der Waals surface area contributed by atoms with Gasteiger partial charge in [-0.1, -0.05) is 44.2 Å². The second-order valence-corrected chi connectivity index (χ2v) is 10.6. The van der Waals surface area contributed by atoms with E-state index in [0.29, 0.717) is 5.92 Å². The summed E-state index contributed by atoms with van der Waals surface area (Å²) in [5.41, 5.74) is 9.62. The Labute approximate surface area is 266 Å². The molecular weight excluding hydrogens is 593 g/mol. The van der Waals surface area contributed by atoms with E-state index in [1.165, 1.54) is 26.5 Å². The van der Waals surface area contributed by atoms with Crippen LogP contribution in [0, 0.1) is 0 Å². The number of pyridine rings is 1. The van der Waals surface area contributed by atoms with Crippen LogP contribution in [0.4, 0.5) is 11.4 Å². The Bertz CT molecular complexity index is 1480. The molecule has 0 bridgehead atoms. The molecule has 0 aliphatic carbocycles. The number of hydrogen-bond acceptors (Lipinski definition) is 7. The number of rotatable bonds is 4. The second-order valence-electron chi connectivity index (χ2n) is 9.69. The predicted octanol–water partition coefficient (Wildman–Crippen LogP) is 8.23. The second kappa shape index (κ2) is 15.7. The first-order valence-electron chi connectivity index (χ1n) is 13.7. The van der Waals surface area contributed by atoms with E-state index in [4.69, 9.17) is 5.11 Å². The number of piperidine rings is 1. The standard InChI is InChI=1S/C27H24N4OS.C3H8O.C2H6.Y/c32-31-13-10-20(11-14-31)18-1-3-19(4-2-18)21-5-7-24-23(15-21)25(9-12-28-24)30-22-6-8-27-26(16-22)29-17-33-27;1-3(2)4;1-2;/h1-9,12,15-17,20,32H,10-11,13-14H2,(H,28,30);3-4H,1-2H3;1-2H3;. The molecule has 6 nitrogen and oxygen atoms in total. The van der Waals surface area contributed by atoms with E-state index in [1.807, 2.05) is 31.6 Å². The Morgan fingerprint density at radius 1 is 0.875 bits per heavy atom. The van der Waals surface area contributed by atoms with Gasteiger partial charge < -0.3 is 15.6 Å². The summed E-state index contributed by atoms with van der Waals surface area (Å²) >= 11 is 1.65. The van der Waals surface area contributed by atoms with Gasteiger partial charge in [0.05, 0.1) is 21.2 Å². The molecule has 0 saturated carbocycles. The van der Waals surface area contributed by atoms with Crippen LogP contribution in [0.2, 0.25) is 0 Å². The van der Waals surface area contributed by atoms with Gasteiger partial charge in [-0.3, -0.25) is 4.98 Å². The number of aliphatic hydroxyl groups is 1. The van der Waals surface area contributed by atoms with Crippen molar-refractivity contribution in [3.05, 3.63) is 84.0 Å². The van der Waals surface area contributed by atoms with Gasteiger partial charge in [-0.2, -0.15) is 5.06 Å². The molecule has 1 fully saturated rings. The van der Waals surface area contributed by atoms with Crippen LogP contribution in [-0.2, 0) is 32.7 Å². The summed E-state index contributed by atoms with van der Waals surface area (Å²) in [4.78, 5) is 9.00. The van der Waals surface area contributed by atoms with Crippen LogP contribution in [-0.4, -0.2) is 44.5 Å². The Morgan fingerprint density at radius 3 is 2.25 bits per heavy atom. The molecule has 0 amide bonds. The van der Waals surface area contributed by atoms with Gasteiger partial charge in [0.15, 0.2) is 0 Å². The van der Waals surface area contributed by atoms with Crippen LogP contribution >= 0.6 is 11.3 Å². The molecule has 3 aromatic carbocycles. The van der Waals surface area contributed by atoms with E-state index in [1.54, 1.807) is 25.2 Å². The maximum absolute atomic E-state index is 9.63. The molecule has 3 heterocycles. The third kappa shape index (κ3) is 8.38. The molecule has 1 saturated heterocycles. The van der Waals surface area contributed by atoms with Gasteiger partial charge >= 0.3 is 0 Å². The fraction of sp³-hybridized carbons (Fsp3) is 0.312. The van der Waals surface area contributed by atoms with E-state index < -0.39 is 0 Å². The van der Waals surface area contributed by atoms with Gasteiger partial charge in [-0.15, -0.1) is 11.3 Å². The van der Waals surface area contributed by atoms with Crippen LogP contribution in [0.15, 0.2) is 78.4 Å². The molecule has 1 aliphatic heterocycles. The van der Waals surface area contributed by atoms with Gasteiger partial charge in [0.1, 0.15) is 0 Å². The van der Waals surface area contributed by atoms with Crippen LogP contribution < -0.4 is 5.32 Å². The van der Waals surface area contributed by atoms with Gasteiger partial charge in [0.2, 0.25) is 0 Å². The van der Waals surface area contributed by atoms with Gasteiger partial charge in [-0.05, 0) is 85.7 Å². The first-order chi connectivity index (χ1) is 19.0. The third-order valence-electron chi connectivity index (χ3n) is 6.54. The molecule has 3 N–H and O–H groups in total. The van der Waals surface area contributed by atoms with Crippen molar-refractivity contribution in [1.29, 1.82) is 0 Å². The Hall–Kier alpha value is -2.26. The maximum Gasteiger partial charge on any atom is 0.0832 e. The van der Waals surface area contributed by atoms with E-state index in [0.717, 1.165) is 53.7 Å². The molecule has 2 aromatic heterocycles. The molecule has 207 valence electrons. The molecule has 8 heteroatoms. The minimum Gasteiger partial charge on any atom is -0.394 e. The van der Waals surface area contributed by atoms with Crippen molar-refractivity contribution in [2.24, 2.45) is 0 Å². The van der Waals surface area contributed by atoms with Crippen molar-refractivity contribution in [3.63, 3.8) is 0 Å². The number of anilines is 2. The average Bonchev–Trinajstić information content (AvgIpc) is 3.43. The Morgan fingerprint density at radius 2 is 1.55 bits per heavy atom. The fourth-order valence-electron chi connectivity index (χ4n) is 4.67. The number of fused-ring (bicyclic) bond motifs is 2. The quantitative estimate of drug-likeness (QED) is 0.185. The summed E-state index contributed by atoms with van der Waals surface area (Å²) in [5, 5.41) is 23.8. The van der Waals surface area contributed by atoms with Gasteiger partial charge in [-0.25, -0.2) is 4.98 Å². The smallest absolute Gasteiger partial charge is 0.0832 e. The van der Waals surface area contributed by atoms with E-state index in [9.17, 15) is 5.21 Å². The molecular formula is C32H38N4O2SY. The van der Waals surface area contributed by atoms with Crippen molar-refractivity contribution in [1.82, 2.24) is 15.0 Å². The number of hydrogen-bond donors (Lipinski definition) is 3. The minimum atomic E-state index is -0.167. The largest absolute Gasteiger partial charge is 0.394 e. The number of thiazole rings is 1. The van der Waals surface area contributed by atoms with E-state index in [-0.39, 0.29) is 38.8 Å². The first kappa shape index (κ1) is 32.3. The zero-order chi connectivity index (χ0) is 27.8.